The minimum absolute atomic E-state index is 0.0441. The monoisotopic (exact) mass is 471 g/mol. The van der Waals surface area contributed by atoms with Gasteiger partial charge in [-0.1, -0.05) is 17.4 Å². The van der Waals surface area contributed by atoms with E-state index >= 15 is 0 Å². The number of nitrogens with zero attached hydrogens (tertiary/aromatic N) is 3. The minimum atomic E-state index is -0.501. The lowest BCUT2D eigenvalue weighted by Gasteiger charge is -2.34. The molecule has 1 aliphatic heterocycles. The molecule has 1 aliphatic rings. The van der Waals surface area contributed by atoms with Crippen molar-refractivity contribution in [1.82, 2.24) is 9.80 Å². The molecule has 0 unspecified atom stereocenters. The third-order valence-corrected chi connectivity index (χ3v) is 5.60. The first kappa shape index (κ1) is 17.8. The van der Waals surface area contributed by atoms with Crippen LogP contribution in [0.4, 0.5) is 5.00 Å². The van der Waals surface area contributed by atoms with Gasteiger partial charge in [0, 0.05) is 41.4 Å². The van der Waals surface area contributed by atoms with Crippen molar-refractivity contribution < 1.29 is 14.5 Å². The fourth-order valence-electron chi connectivity index (χ4n) is 2.61. The molecule has 0 radical (unpaired) electrons. The molecule has 0 saturated carbocycles. The van der Waals surface area contributed by atoms with Gasteiger partial charge in [-0.05, 0) is 46.9 Å². The molecule has 1 fully saturated rings. The lowest BCUT2D eigenvalue weighted by molar-refractivity contribution is -0.380. The topological polar surface area (TPSA) is 83.8 Å². The van der Waals surface area contributed by atoms with Gasteiger partial charge in [0.25, 0.3) is 11.8 Å². The highest BCUT2D eigenvalue weighted by Gasteiger charge is 2.27. The number of amides is 2. The number of carbonyl (C=O) groups excluding carboxylic acids is 2. The second-order valence-corrected chi connectivity index (χ2v) is 7.80. The molecule has 2 heterocycles. The van der Waals surface area contributed by atoms with Crippen LogP contribution in [0.25, 0.3) is 0 Å². The van der Waals surface area contributed by atoms with Crippen molar-refractivity contribution in [2.75, 3.05) is 26.2 Å². The summed E-state index contributed by atoms with van der Waals surface area (Å²) in [5.74, 6) is -0.267. The Bertz CT molecular complexity index is 830. The van der Waals surface area contributed by atoms with Gasteiger partial charge >= 0.3 is 5.00 Å². The molecule has 1 aromatic carbocycles. The van der Waals surface area contributed by atoms with Gasteiger partial charge in [-0.3, -0.25) is 19.7 Å². The Morgan fingerprint density at radius 1 is 1.04 bits per heavy atom. The first-order valence-electron chi connectivity index (χ1n) is 7.54. The molecule has 1 saturated heterocycles. The number of hydrogen-bond acceptors (Lipinski definition) is 5. The van der Waals surface area contributed by atoms with Crippen LogP contribution in [-0.4, -0.2) is 52.7 Å². The molecule has 2 amide bonds. The van der Waals surface area contributed by atoms with Gasteiger partial charge in [-0.15, -0.1) is 0 Å². The van der Waals surface area contributed by atoms with Crippen molar-refractivity contribution in [2.45, 2.75) is 0 Å². The van der Waals surface area contributed by atoms with E-state index in [2.05, 4.69) is 22.6 Å². The molecule has 0 aliphatic carbocycles. The predicted molar refractivity (Wildman–Crippen MR) is 102 cm³/mol. The second kappa shape index (κ2) is 7.48. The highest BCUT2D eigenvalue weighted by Crippen LogP contribution is 2.25. The number of hydrogen-bond donors (Lipinski definition) is 0. The van der Waals surface area contributed by atoms with E-state index in [1.54, 1.807) is 15.9 Å². The summed E-state index contributed by atoms with van der Waals surface area (Å²) in [6.45, 7) is 1.73. The van der Waals surface area contributed by atoms with E-state index in [4.69, 9.17) is 0 Å². The van der Waals surface area contributed by atoms with Crippen LogP contribution in [-0.2, 0) is 0 Å². The van der Waals surface area contributed by atoms with E-state index in [0.717, 1.165) is 14.9 Å². The summed E-state index contributed by atoms with van der Waals surface area (Å²) in [4.78, 5) is 38.9. The zero-order valence-electron chi connectivity index (χ0n) is 13.1. The normalized spacial score (nSPS) is 14.4. The maximum absolute atomic E-state index is 12.5. The lowest BCUT2D eigenvalue weighted by Crippen LogP contribution is -2.50. The highest BCUT2D eigenvalue weighted by molar-refractivity contribution is 14.1. The van der Waals surface area contributed by atoms with Crippen molar-refractivity contribution >= 4 is 50.7 Å². The van der Waals surface area contributed by atoms with Crippen LogP contribution in [0.1, 0.15) is 20.0 Å². The van der Waals surface area contributed by atoms with E-state index in [-0.39, 0.29) is 16.8 Å². The second-order valence-electron chi connectivity index (χ2n) is 5.49. The molecule has 9 heteroatoms. The molecule has 3 rings (SSSR count). The number of carbonyl (C=O) groups is 2. The summed E-state index contributed by atoms with van der Waals surface area (Å²) < 4.78 is 0.997. The van der Waals surface area contributed by atoms with E-state index in [9.17, 15) is 19.7 Å². The van der Waals surface area contributed by atoms with Crippen LogP contribution in [0, 0.1) is 13.7 Å². The fraction of sp³-hybridized carbons (Fsp3) is 0.250. The Labute approximate surface area is 161 Å². The number of rotatable bonds is 3. The zero-order valence-corrected chi connectivity index (χ0v) is 16.0. The van der Waals surface area contributed by atoms with Crippen molar-refractivity contribution in [1.29, 1.82) is 0 Å². The van der Waals surface area contributed by atoms with Gasteiger partial charge in [-0.2, -0.15) is 0 Å². The molecule has 7 nitrogen and oxygen atoms in total. The summed E-state index contributed by atoms with van der Waals surface area (Å²) >= 11 is 3.04. The third kappa shape index (κ3) is 3.98. The maximum Gasteiger partial charge on any atom is 0.324 e. The molecule has 0 bridgehead atoms. The molecule has 0 N–H and O–H groups in total. The molecule has 25 heavy (non-hydrogen) atoms. The highest BCUT2D eigenvalue weighted by atomic mass is 127. The third-order valence-electron chi connectivity index (χ3n) is 3.91. The maximum atomic E-state index is 12.5. The van der Waals surface area contributed by atoms with E-state index in [0.29, 0.717) is 36.6 Å². The van der Waals surface area contributed by atoms with Gasteiger partial charge < -0.3 is 9.80 Å². The zero-order chi connectivity index (χ0) is 18.0. The summed E-state index contributed by atoms with van der Waals surface area (Å²) in [5, 5.41) is 10.7. The molecule has 0 spiro atoms. The standard InChI is InChI=1S/C16H14IN3O4S/c17-12-3-1-2-11(10-12)15(21)18-6-8-19(9-7-18)16(22)13-4-5-14(25-13)20(23)24/h1-5,10H,6-9H2. The summed E-state index contributed by atoms with van der Waals surface area (Å²) in [7, 11) is 0. The van der Waals surface area contributed by atoms with Crippen molar-refractivity contribution in [2.24, 2.45) is 0 Å². The summed E-state index contributed by atoms with van der Waals surface area (Å²) in [5.41, 5.74) is 0.639. The van der Waals surface area contributed by atoms with Crippen molar-refractivity contribution in [3.63, 3.8) is 0 Å². The summed E-state index contributed by atoms with van der Waals surface area (Å²) in [6, 6.07) is 10.2. The Morgan fingerprint density at radius 2 is 1.68 bits per heavy atom. The number of nitro groups is 1. The van der Waals surface area contributed by atoms with E-state index in [1.165, 1.54) is 12.1 Å². The van der Waals surface area contributed by atoms with Crippen LogP contribution in [0.2, 0.25) is 0 Å². The number of thiophene rings is 1. The number of benzene rings is 1. The van der Waals surface area contributed by atoms with Gasteiger partial charge in [-0.25, -0.2) is 0 Å². The Kier molecular flexibility index (Phi) is 5.33. The Hall–Kier alpha value is -2.01. The largest absolute Gasteiger partial charge is 0.335 e. The first-order valence-corrected chi connectivity index (χ1v) is 9.43. The minimum Gasteiger partial charge on any atom is -0.335 e. The molecular weight excluding hydrogens is 457 g/mol. The molecule has 2 aromatic rings. The predicted octanol–water partition coefficient (Wildman–Crippen LogP) is 2.86. The average molecular weight is 471 g/mol. The smallest absolute Gasteiger partial charge is 0.324 e. The first-order chi connectivity index (χ1) is 12.0. The Morgan fingerprint density at radius 3 is 2.24 bits per heavy atom. The van der Waals surface area contributed by atoms with Crippen molar-refractivity contribution in [3.05, 3.63) is 60.5 Å². The molecule has 1 aromatic heterocycles. The van der Waals surface area contributed by atoms with Crippen molar-refractivity contribution in [3.8, 4) is 0 Å². The SMILES string of the molecule is O=C(c1cccc(I)c1)N1CCN(C(=O)c2ccc([N+](=O)[O-])s2)CC1. The number of halogens is 1. The Balaban J connectivity index is 1.62. The number of piperazine rings is 1. The van der Waals surface area contributed by atoms with Crippen LogP contribution < -0.4 is 0 Å². The van der Waals surface area contributed by atoms with Gasteiger partial charge in [0.1, 0.15) is 0 Å². The van der Waals surface area contributed by atoms with Crippen LogP contribution in [0.15, 0.2) is 36.4 Å². The molecule has 0 atom stereocenters. The summed E-state index contributed by atoms with van der Waals surface area (Å²) in [6.07, 6.45) is 0. The van der Waals surface area contributed by atoms with Crippen LogP contribution >= 0.6 is 33.9 Å². The van der Waals surface area contributed by atoms with E-state index < -0.39 is 4.92 Å². The average Bonchev–Trinajstić information content (AvgIpc) is 3.11. The van der Waals surface area contributed by atoms with Gasteiger partial charge in [0.05, 0.1) is 9.80 Å². The van der Waals surface area contributed by atoms with Crippen LogP contribution in [0.5, 0.6) is 0 Å². The van der Waals surface area contributed by atoms with Gasteiger partial charge in [0.15, 0.2) is 0 Å². The van der Waals surface area contributed by atoms with Crippen LogP contribution in [0.3, 0.4) is 0 Å². The van der Waals surface area contributed by atoms with Gasteiger partial charge in [0.2, 0.25) is 0 Å². The quantitative estimate of drug-likeness (QED) is 0.392. The van der Waals surface area contributed by atoms with E-state index in [1.807, 2.05) is 18.2 Å². The molecule has 130 valence electrons. The fourth-order valence-corrected chi connectivity index (χ4v) is 3.94. The molecular formula is C16H14IN3O4S. The lowest BCUT2D eigenvalue weighted by atomic mass is 10.2.